The lowest BCUT2D eigenvalue weighted by Crippen LogP contribution is -2.45. The van der Waals surface area contributed by atoms with Gasteiger partial charge in [-0.05, 0) is 0 Å². The first-order valence-electron chi connectivity index (χ1n) is 3.11. The van der Waals surface area contributed by atoms with Gasteiger partial charge < -0.3 is 13.3 Å². The second-order valence-corrected chi connectivity index (χ2v) is 7.55. The highest BCUT2D eigenvalue weighted by Gasteiger charge is 2.45. The summed E-state index contributed by atoms with van der Waals surface area (Å²) in [5, 5.41) is 0. The van der Waals surface area contributed by atoms with Crippen molar-refractivity contribution in [3.05, 3.63) is 0 Å². The lowest BCUT2D eigenvalue weighted by Gasteiger charge is -2.27. The zero-order valence-electron chi connectivity index (χ0n) is 7.07. The van der Waals surface area contributed by atoms with Crippen LogP contribution in [0.2, 0.25) is 6.04 Å². The molecule has 0 rings (SSSR count). The highest BCUT2D eigenvalue weighted by molar-refractivity contribution is 6.74. The largest absolute Gasteiger partial charge is 0.504 e. The Morgan fingerprint density at radius 2 is 1.33 bits per heavy atom. The molecule has 0 amide bonds. The molecule has 0 heterocycles. The Balaban J connectivity index is 4.30. The molecule has 3 nitrogen and oxygen atoms in total. The number of alkyl halides is 3. The molecular weight excluding hydrogens is 242 g/mol. The molecule has 0 bridgehead atoms. The Bertz CT molecular complexity index is 126. The van der Waals surface area contributed by atoms with E-state index in [1.54, 1.807) is 0 Å². The minimum atomic E-state index is -2.75. The first-order chi connectivity index (χ1) is 5.39. The molecule has 0 aliphatic rings. The van der Waals surface area contributed by atoms with Crippen molar-refractivity contribution in [3.8, 4) is 0 Å². The summed E-state index contributed by atoms with van der Waals surface area (Å²) in [6, 6.07) is 0.133. The van der Waals surface area contributed by atoms with Crippen LogP contribution in [0.5, 0.6) is 0 Å². The fourth-order valence-corrected chi connectivity index (χ4v) is 3.61. The molecule has 12 heavy (non-hydrogen) atoms. The molecule has 0 fully saturated rings. The maximum absolute atomic E-state index is 5.58. The molecule has 0 aromatic rings. The van der Waals surface area contributed by atoms with Crippen LogP contribution in [0.3, 0.4) is 0 Å². The summed E-state index contributed by atoms with van der Waals surface area (Å²) in [7, 11) is 1.66. The van der Waals surface area contributed by atoms with Gasteiger partial charge in [-0.3, -0.25) is 0 Å². The van der Waals surface area contributed by atoms with Gasteiger partial charge in [0, 0.05) is 21.3 Å². The monoisotopic (exact) mass is 252 g/mol. The second-order valence-electron chi connectivity index (χ2n) is 2.09. The summed E-state index contributed by atoms with van der Waals surface area (Å²) in [4.78, 5) is 0. The normalized spacial score (nSPS) is 13.5. The topological polar surface area (TPSA) is 27.7 Å². The zero-order chi connectivity index (χ0) is 9.83. The van der Waals surface area contributed by atoms with E-state index in [9.17, 15) is 0 Å². The number of halogens is 3. The summed E-state index contributed by atoms with van der Waals surface area (Å²) in [5.41, 5.74) is 0. The highest BCUT2D eigenvalue weighted by atomic mass is 35.6. The standard InChI is InChI=1S/C5H11Cl3O3Si/c1-9-12(10-2,11-3)4-5(6,7)8/h4H2,1-3H3. The summed E-state index contributed by atoms with van der Waals surface area (Å²) in [6.07, 6.45) is 0. The van der Waals surface area contributed by atoms with E-state index >= 15 is 0 Å². The van der Waals surface area contributed by atoms with Gasteiger partial charge in [-0.15, -0.1) is 0 Å². The zero-order valence-corrected chi connectivity index (χ0v) is 10.3. The van der Waals surface area contributed by atoms with Gasteiger partial charge in [-0.25, -0.2) is 0 Å². The van der Waals surface area contributed by atoms with E-state index < -0.39 is 12.6 Å². The van der Waals surface area contributed by atoms with Crippen molar-refractivity contribution in [2.75, 3.05) is 21.3 Å². The predicted octanol–water partition coefficient (Wildman–Crippen LogP) is 2.23. The van der Waals surface area contributed by atoms with Crippen LogP contribution in [0.1, 0.15) is 0 Å². The Labute approximate surface area is 88.2 Å². The van der Waals surface area contributed by atoms with Gasteiger partial charge in [0.15, 0.2) is 3.79 Å². The van der Waals surface area contributed by atoms with Gasteiger partial charge in [0.25, 0.3) is 0 Å². The Morgan fingerprint density at radius 3 is 1.42 bits per heavy atom. The van der Waals surface area contributed by atoms with Crippen molar-refractivity contribution in [1.82, 2.24) is 0 Å². The average Bonchev–Trinajstić information content (AvgIpc) is 1.99. The van der Waals surface area contributed by atoms with Crippen molar-refractivity contribution < 1.29 is 13.3 Å². The van der Waals surface area contributed by atoms with E-state index in [0.29, 0.717) is 0 Å². The molecule has 0 spiro atoms. The summed E-state index contributed by atoms with van der Waals surface area (Å²) >= 11 is 16.7. The third-order valence-electron chi connectivity index (χ3n) is 1.35. The van der Waals surface area contributed by atoms with Gasteiger partial charge >= 0.3 is 8.80 Å². The molecule has 0 N–H and O–H groups in total. The highest BCUT2D eigenvalue weighted by Crippen LogP contribution is 2.36. The minimum absolute atomic E-state index is 0.133. The smallest absolute Gasteiger partial charge is 0.377 e. The van der Waals surface area contributed by atoms with E-state index in [1.807, 2.05) is 0 Å². The van der Waals surface area contributed by atoms with Gasteiger partial charge in [-0.1, -0.05) is 34.8 Å². The first kappa shape index (κ1) is 13.0. The van der Waals surface area contributed by atoms with Crippen LogP contribution in [-0.4, -0.2) is 33.9 Å². The molecule has 0 unspecified atom stereocenters. The van der Waals surface area contributed by atoms with Gasteiger partial charge in [0.05, 0.1) is 6.04 Å². The quantitative estimate of drug-likeness (QED) is 0.568. The Morgan fingerprint density at radius 1 is 1.00 bits per heavy atom. The number of rotatable bonds is 4. The molecule has 0 aromatic carbocycles. The molecule has 0 atom stereocenters. The fraction of sp³-hybridized carbons (Fsp3) is 1.00. The maximum Gasteiger partial charge on any atom is 0.504 e. The maximum atomic E-state index is 5.58. The molecule has 0 aliphatic heterocycles. The molecule has 0 saturated heterocycles. The van der Waals surface area contributed by atoms with Crippen LogP contribution < -0.4 is 0 Å². The average molecular weight is 254 g/mol. The lowest BCUT2D eigenvalue weighted by molar-refractivity contribution is 0.124. The van der Waals surface area contributed by atoms with Crippen molar-refractivity contribution in [2.24, 2.45) is 0 Å². The van der Waals surface area contributed by atoms with Crippen LogP contribution in [-0.2, 0) is 13.3 Å². The lowest BCUT2D eigenvalue weighted by atomic mass is 10.9. The minimum Gasteiger partial charge on any atom is -0.377 e. The van der Waals surface area contributed by atoms with E-state index in [-0.39, 0.29) is 6.04 Å². The predicted molar refractivity (Wildman–Crippen MR) is 51.9 cm³/mol. The molecule has 0 saturated carbocycles. The van der Waals surface area contributed by atoms with Crippen molar-refractivity contribution in [3.63, 3.8) is 0 Å². The third kappa shape index (κ3) is 4.27. The van der Waals surface area contributed by atoms with Crippen molar-refractivity contribution >= 4 is 43.6 Å². The summed E-state index contributed by atoms with van der Waals surface area (Å²) < 4.78 is 13.8. The van der Waals surface area contributed by atoms with Crippen LogP contribution >= 0.6 is 34.8 Å². The van der Waals surface area contributed by atoms with Gasteiger partial charge in [0.2, 0.25) is 0 Å². The summed E-state index contributed by atoms with van der Waals surface area (Å²) in [6.45, 7) is 0. The van der Waals surface area contributed by atoms with E-state index in [0.717, 1.165) is 0 Å². The van der Waals surface area contributed by atoms with Crippen LogP contribution in [0.15, 0.2) is 0 Å². The molecule has 0 aromatic heterocycles. The fourth-order valence-electron chi connectivity index (χ4n) is 0.712. The van der Waals surface area contributed by atoms with E-state index in [2.05, 4.69) is 0 Å². The Kier molecular flexibility index (Phi) is 5.40. The molecule has 0 aliphatic carbocycles. The van der Waals surface area contributed by atoms with Crippen LogP contribution in [0.4, 0.5) is 0 Å². The number of hydrogen-bond acceptors (Lipinski definition) is 3. The van der Waals surface area contributed by atoms with Crippen molar-refractivity contribution in [1.29, 1.82) is 0 Å². The van der Waals surface area contributed by atoms with E-state index in [1.165, 1.54) is 21.3 Å². The van der Waals surface area contributed by atoms with Gasteiger partial charge in [-0.2, -0.15) is 0 Å². The number of hydrogen-bond donors (Lipinski definition) is 0. The molecular formula is C5H11Cl3O3Si. The van der Waals surface area contributed by atoms with Crippen molar-refractivity contribution in [2.45, 2.75) is 9.84 Å². The Hall–Kier alpha value is 0.967. The van der Waals surface area contributed by atoms with Crippen LogP contribution in [0.25, 0.3) is 0 Å². The van der Waals surface area contributed by atoms with E-state index in [4.69, 9.17) is 48.1 Å². The van der Waals surface area contributed by atoms with Gasteiger partial charge in [0.1, 0.15) is 0 Å². The molecule has 0 radical (unpaired) electrons. The first-order valence-corrected chi connectivity index (χ1v) is 6.18. The SMILES string of the molecule is CO[Si](CC(Cl)(Cl)Cl)(OC)OC. The van der Waals surface area contributed by atoms with Crippen LogP contribution in [0, 0.1) is 0 Å². The second kappa shape index (κ2) is 5.00. The summed E-state index contributed by atoms with van der Waals surface area (Å²) in [5.74, 6) is 0. The molecule has 74 valence electrons. The molecule has 7 heteroatoms. The third-order valence-corrected chi connectivity index (χ3v) is 5.25.